The summed E-state index contributed by atoms with van der Waals surface area (Å²) in [5.74, 6) is 2.96. The lowest BCUT2D eigenvalue weighted by Crippen LogP contribution is -2.02. The van der Waals surface area contributed by atoms with Crippen molar-refractivity contribution in [2.24, 2.45) is 5.73 Å². The number of methoxy groups -OCH3 is 1. The predicted molar refractivity (Wildman–Crippen MR) is 135 cm³/mol. The molecular weight excluding hydrogens is 426 g/mol. The van der Waals surface area contributed by atoms with Gasteiger partial charge in [-0.2, -0.15) is 0 Å². The van der Waals surface area contributed by atoms with Gasteiger partial charge in [0.15, 0.2) is 0 Å². The zero-order chi connectivity index (χ0) is 24.1. The summed E-state index contributed by atoms with van der Waals surface area (Å²) in [5.41, 5.74) is 12.3. The first-order valence-corrected chi connectivity index (χ1v) is 10.8. The van der Waals surface area contributed by atoms with Crippen molar-refractivity contribution < 1.29 is 9.47 Å². The molecule has 4 aromatic rings. The van der Waals surface area contributed by atoms with Crippen LogP contribution in [-0.2, 0) is 0 Å². The molecule has 2 aromatic heterocycles. The molecule has 0 aliphatic heterocycles. The van der Waals surface area contributed by atoms with Crippen LogP contribution in [0.1, 0.15) is 28.1 Å². The first-order chi connectivity index (χ1) is 16.4. The van der Waals surface area contributed by atoms with Crippen molar-refractivity contribution in [3.05, 3.63) is 95.2 Å². The molecule has 7 nitrogen and oxygen atoms in total. The van der Waals surface area contributed by atoms with Gasteiger partial charge in [-0.05, 0) is 92.6 Å². The summed E-state index contributed by atoms with van der Waals surface area (Å²) in [7, 11) is 1.64. The molecule has 0 saturated heterocycles. The predicted octanol–water partition coefficient (Wildman–Crippen LogP) is 5.80. The first kappa shape index (κ1) is 22.8. The lowest BCUT2D eigenvalue weighted by Gasteiger charge is -2.13. The summed E-state index contributed by atoms with van der Waals surface area (Å²) in [6.45, 7) is 5.90. The second-order valence-electron chi connectivity index (χ2n) is 7.90. The van der Waals surface area contributed by atoms with Gasteiger partial charge in [-0.25, -0.2) is 9.97 Å². The number of rotatable bonds is 7. The van der Waals surface area contributed by atoms with Crippen molar-refractivity contribution in [3.63, 3.8) is 0 Å². The molecule has 34 heavy (non-hydrogen) atoms. The molecule has 3 N–H and O–H groups in total. The molecule has 7 heteroatoms. The van der Waals surface area contributed by atoms with Gasteiger partial charge in [-0.15, -0.1) is 0 Å². The van der Waals surface area contributed by atoms with Gasteiger partial charge in [-0.3, -0.25) is 4.98 Å². The van der Waals surface area contributed by atoms with Gasteiger partial charge in [0.2, 0.25) is 0 Å². The Balaban J connectivity index is 1.52. The van der Waals surface area contributed by atoms with Crippen molar-refractivity contribution in [1.29, 1.82) is 0 Å². The molecule has 0 atom stereocenters. The zero-order valence-corrected chi connectivity index (χ0v) is 19.7. The summed E-state index contributed by atoms with van der Waals surface area (Å²) in [6, 6.07) is 17.3. The van der Waals surface area contributed by atoms with Gasteiger partial charge in [0.1, 0.15) is 29.4 Å². The minimum absolute atomic E-state index is 0.610. The van der Waals surface area contributed by atoms with Crippen LogP contribution < -0.4 is 20.5 Å². The van der Waals surface area contributed by atoms with Crippen LogP contribution in [0.5, 0.6) is 17.2 Å². The summed E-state index contributed by atoms with van der Waals surface area (Å²) in [5, 5.41) is 3.37. The smallest absolute Gasteiger partial charge is 0.145 e. The average molecular weight is 454 g/mol. The van der Waals surface area contributed by atoms with Gasteiger partial charge in [0, 0.05) is 22.6 Å². The van der Waals surface area contributed by atoms with Gasteiger partial charge in [0.05, 0.1) is 19.0 Å². The van der Waals surface area contributed by atoms with E-state index in [2.05, 4.69) is 20.3 Å². The lowest BCUT2D eigenvalue weighted by atomic mass is 10.1. The van der Waals surface area contributed by atoms with E-state index >= 15 is 0 Å². The fourth-order valence-corrected chi connectivity index (χ4v) is 3.37. The topological polar surface area (TPSA) is 95.2 Å². The Hall–Kier alpha value is -4.39. The minimum Gasteiger partial charge on any atom is -0.497 e. The van der Waals surface area contributed by atoms with Crippen LogP contribution in [0.3, 0.4) is 0 Å². The standard InChI is InChI=1S/C27H27N5O2/c1-17-13-21(8-12-26(17)34-23-9-5-18(2)29-15-23)32-27-19(3)25(30-16-31-27)14-24(28)20-6-10-22(33-4)11-7-20/h5-16H,28H2,1-4H3,(H,30,31,32)/b24-14-. The van der Waals surface area contributed by atoms with Gasteiger partial charge >= 0.3 is 0 Å². The van der Waals surface area contributed by atoms with Crippen molar-refractivity contribution in [3.8, 4) is 17.2 Å². The number of aromatic nitrogens is 3. The minimum atomic E-state index is 0.610. The van der Waals surface area contributed by atoms with Crippen LogP contribution in [-0.4, -0.2) is 22.1 Å². The van der Waals surface area contributed by atoms with Crippen molar-refractivity contribution in [2.45, 2.75) is 20.8 Å². The molecule has 0 aliphatic carbocycles. The van der Waals surface area contributed by atoms with E-state index in [1.54, 1.807) is 13.3 Å². The van der Waals surface area contributed by atoms with Crippen molar-refractivity contribution in [1.82, 2.24) is 15.0 Å². The second kappa shape index (κ2) is 10.0. The number of aryl methyl sites for hydroxylation is 2. The highest BCUT2D eigenvalue weighted by Crippen LogP contribution is 2.29. The Bertz CT molecular complexity index is 1320. The van der Waals surface area contributed by atoms with Crippen LogP contribution in [0.15, 0.2) is 67.1 Å². The SMILES string of the molecule is COc1ccc(/C(N)=C/c2ncnc(Nc3ccc(Oc4ccc(C)nc4)c(C)c3)c2C)cc1. The van der Waals surface area contributed by atoms with E-state index in [-0.39, 0.29) is 0 Å². The summed E-state index contributed by atoms with van der Waals surface area (Å²) in [6.07, 6.45) is 5.09. The van der Waals surface area contributed by atoms with E-state index in [0.29, 0.717) is 17.3 Å². The maximum Gasteiger partial charge on any atom is 0.145 e. The highest BCUT2D eigenvalue weighted by Gasteiger charge is 2.09. The van der Waals surface area contributed by atoms with E-state index < -0.39 is 0 Å². The third kappa shape index (κ3) is 5.32. The van der Waals surface area contributed by atoms with E-state index in [0.717, 1.165) is 45.3 Å². The maximum atomic E-state index is 6.32. The van der Waals surface area contributed by atoms with Crippen molar-refractivity contribution >= 4 is 23.3 Å². The number of nitrogens with two attached hydrogens (primary N) is 1. The fourth-order valence-electron chi connectivity index (χ4n) is 3.37. The third-order valence-corrected chi connectivity index (χ3v) is 5.39. The number of pyridine rings is 1. The molecule has 0 saturated carbocycles. The molecule has 0 bridgehead atoms. The summed E-state index contributed by atoms with van der Waals surface area (Å²) in [4.78, 5) is 13.1. The number of ether oxygens (including phenoxy) is 2. The summed E-state index contributed by atoms with van der Waals surface area (Å²) >= 11 is 0. The van der Waals surface area contributed by atoms with E-state index in [9.17, 15) is 0 Å². The van der Waals surface area contributed by atoms with E-state index in [1.807, 2.05) is 81.4 Å². The van der Waals surface area contributed by atoms with Gasteiger partial charge in [-0.1, -0.05) is 0 Å². The van der Waals surface area contributed by atoms with Crippen LogP contribution in [0.4, 0.5) is 11.5 Å². The Morgan fingerprint density at radius 3 is 2.35 bits per heavy atom. The number of hydrogen-bond acceptors (Lipinski definition) is 7. The molecule has 2 aromatic carbocycles. The van der Waals surface area contributed by atoms with Gasteiger partial charge < -0.3 is 20.5 Å². The van der Waals surface area contributed by atoms with E-state index in [4.69, 9.17) is 15.2 Å². The molecule has 0 fully saturated rings. The van der Waals surface area contributed by atoms with Crippen LogP contribution in [0.25, 0.3) is 11.8 Å². The number of benzene rings is 2. The quantitative estimate of drug-likeness (QED) is 0.365. The monoisotopic (exact) mass is 453 g/mol. The molecule has 172 valence electrons. The second-order valence-corrected chi connectivity index (χ2v) is 7.90. The third-order valence-electron chi connectivity index (χ3n) is 5.39. The molecule has 0 spiro atoms. The Kier molecular flexibility index (Phi) is 6.73. The number of nitrogens with zero attached hydrogens (tertiary/aromatic N) is 3. The number of anilines is 2. The zero-order valence-electron chi connectivity index (χ0n) is 19.7. The number of nitrogens with one attached hydrogen (secondary N) is 1. The Morgan fingerprint density at radius 2 is 1.68 bits per heavy atom. The van der Waals surface area contributed by atoms with Gasteiger partial charge in [0.25, 0.3) is 0 Å². The highest BCUT2D eigenvalue weighted by atomic mass is 16.5. The normalized spacial score (nSPS) is 11.2. The van der Waals surface area contributed by atoms with Crippen LogP contribution in [0.2, 0.25) is 0 Å². The van der Waals surface area contributed by atoms with Crippen molar-refractivity contribution in [2.75, 3.05) is 12.4 Å². The molecule has 4 rings (SSSR count). The molecule has 0 radical (unpaired) electrons. The average Bonchev–Trinajstić information content (AvgIpc) is 2.84. The largest absolute Gasteiger partial charge is 0.497 e. The van der Waals surface area contributed by atoms with Crippen LogP contribution >= 0.6 is 0 Å². The Labute approximate surface area is 199 Å². The molecule has 2 heterocycles. The van der Waals surface area contributed by atoms with E-state index in [1.165, 1.54) is 6.33 Å². The maximum absolute atomic E-state index is 6.32. The fraction of sp³-hybridized carbons (Fsp3) is 0.148. The molecule has 0 unspecified atom stereocenters. The molecule has 0 aliphatic rings. The number of hydrogen-bond donors (Lipinski definition) is 2. The summed E-state index contributed by atoms with van der Waals surface area (Å²) < 4.78 is 11.2. The molecular formula is C27H27N5O2. The first-order valence-electron chi connectivity index (χ1n) is 10.8. The lowest BCUT2D eigenvalue weighted by molar-refractivity contribution is 0.415. The molecule has 0 amide bonds. The Morgan fingerprint density at radius 1 is 0.912 bits per heavy atom. The highest BCUT2D eigenvalue weighted by molar-refractivity contribution is 5.80. The van der Waals surface area contributed by atoms with Crippen LogP contribution in [0, 0.1) is 20.8 Å².